The highest BCUT2D eigenvalue weighted by atomic mass is 35.5. The molecule has 2 amide bonds. The van der Waals surface area contributed by atoms with E-state index in [9.17, 15) is 9.59 Å². The molecule has 1 aliphatic rings. The van der Waals surface area contributed by atoms with Gasteiger partial charge in [-0.05, 0) is 48.7 Å². The smallest absolute Gasteiger partial charge is 0.229 e. The van der Waals surface area contributed by atoms with Crippen LogP contribution in [0.1, 0.15) is 24.5 Å². The van der Waals surface area contributed by atoms with Crippen molar-refractivity contribution in [3.63, 3.8) is 0 Å². The Hall–Kier alpha value is -2.33. The maximum Gasteiger partial charge on any atom is 0.229 e. The Labute approximate surface area is 152 Å². The first-order valence-electron chi connectivity index (χ1n) is 8.45. The van der Waals surface area contributed by atoms with Gasteiger partial charge in [0, 0.05) is 29.4 Å². The van der Waals surface area contributed by atoms with Crippen molar-refractivity contribution in [2.24, 2.45) is 5.92 Å². The largest absolute Gasteiger partial charge is 0.326 e. The summed E-state index contributed by atoms with van der Waals surface area (Å²) in [5, 5.41) is 3.62. The molecule has 0 aliphatic carbocycles. The van der Waals surface area contributed by atoms with Gasteiger partial charge in [0.1, 0.15) is 0 Å². The molecule has 1 heterocycles. The molecule has 0 spiro atoms. The van der Waals surface area contributed by atoms with Crippen LogP contribution in [0.5, 0.6) is 0 Å². The van der Waals surface area contributed by atoms with Crippen LogP contribution in [-0.2, 0) is 16.0 Å². The van der Waals surface area contributed by atoms with Gasteiger partial charge in [0.25, 0.3) is 0 Å². The van der Waals surface area contributed by atoms with Crippen molar-refractivity contribution in [2.45, 2.75) is 26.7 Å². The molecule has 5 heteroatoms. The number of rotatable bonds is 4. The Bertz CT molecular complexity index is 819. The molecule has 3 rings (SSSR count). The van der Waals surface area contributed by atoms with E-state index in [1.165, 1.54) is 0 Å². The number of hydrogen-bond donors (Lipinski definition) is 1. The summed E-state index contributed by atoms with van der Waals surface area (Å²) < 4.78 is 0. The number of benzene rings is 2. The lowest BCUT2D eigenvalue weighted by atomic mass is 10.1. The standard InChI is InChI=1S/C20H21ClN2O2/c1-3-14-6-4-5-7-17(14)22-20(25)15-11-19(24)23(12-15)18-9-8-16(21)10-13(18)2/h4-10,15H,3,11-12H2,1-2H3,(H,22,25). The first-order valence-corrected chi connectivity index (χ1v) is 8.82. The van der Waals surface area contributed by atoms with Crippen LogP contribution < -0.4 is 10.2 Å². The summed E-state index contributed by atoms with van der Waals surface area (Å²) in [5.41, 5.74) is 3.66. The number of carbonyl (C=O) groups excluding carboxylic acids is 2. The average molecular weight is 357 g/mol. The average Bonchev–Trinajstić information content (AvgIpc) is 2.97. The van der Waals surface area contributed by atoms with E-state index in [4.69, 9.17) is 11.6 Å². The lowest BCUT2D eigenvalue weighted by Gasteiger charge is -2.19. The van der Waals surface area contributed by atoms with Crippen LogP contribution in [0.4, 0.5) is 11.4 Å². The van der Waals surface area contributed by atoms with Gasteiger partial charge >= 0.3 is 0 Å². The Balaban J connectivity index is 1.74. The highest BCUT2D eigenvalue weighted by Gasteiger charge is 2.35. The van der Waals surface area contributed by atoms with E-state index in [2.05, 4.69) is 12.2 Å². The summed E-state index contributed by atoms with van der Waals surface area (Å²) in [4.78, 5) is 26.7. The third kappa shape index (κ3) is 3.69. The fourth-order valence-corrected chi connectivity index (χ4v) is 3.45. The number of nitrogens with zero attached hydrogens (tertiary/aromatic N) is 1. The maximum absolute atomic E-state index is 12.6. The molecule has 130 valence electrons. The van der Waals surface area contributed by atoms with E-state index in [0.717, 1.165) is 28.9 Å². The Morgan fingerprint density at radius 3 is 2.76 bits per heavy atom. The topological polar surface area (TPSA) is 49.4 Å². The molecule has 1 aliphatic heterocycles. The number of para-hydroxylation sites is 1. The van der Waals surface area contributed by atoms with E-state index in [0.29, 0.717) is 11.6 Å². The SMILES string of the molecule is CCc1ccccc1NC(=O)C1CC(=O)N(c2ccc(Cl)cc2C)C1. The number of carbonyl (C=O) groups is 2. The number of halogens is 1. The first kappa shape index (κ1) is 17.5. The van der Waals surface area contributed by atoms with Crippen molar-refractivity contribution < 1.29 is 9.59 Å². The molecule has 2 aromatic rings. The number of amides is 2. The van der Waals surface area contributed by atoms with Crippen LogP contribution in [-0.4, -0.2) is 18.4 Å². The predicted octanol–water partition coefficient (Wildman–Crippen LogP) is 4.20. The van der Waals surface area contributed by atoms with Crippen molar-refractivity contribution in [1.29, 1.82) is 0 Å². The number of nitrogens with one attached hydrogen (secondary N) is 1. The molecular weight excluding hydrogens is 336 g/mol. The molecule has 25 heavy (non-hydrogen) atoms. The summed E-state index contributed by atoms with van der Waals surface area (Å²) in [6.07, 6.45) is 1.07. The second kappa shape index (κ2) is 7.28. The molecule has 4 nitrogen and oxygen atoms in total. The third-order valence-corrected chi connectivity index (χ3v) is 4.84. The minimum Gasteiger partial charge on any atom is -0.326 e. The van der Waals surface area contributed by atoms with Gasteiger partial charge < -0.3 is 10.2 Å². The molecule has 1 saturated heterocycles. The van der Waals surface area contributed by atoms with Crippen LogP contribution in [0.3, 0.4) is 0 Å². The van der Waals surface area contributed by atoms with E-state index in [1.807, 2.05) is 43.3 Å². The van der Waals surface area contributed by atoms with E-state index < -0.39 is 0 Å². The normalized spacial score (nSPS) is 17.0. The van der Waals surface area contributed by atoms with E-state index >= 15 is 0 Å². The van der Waals surface area contributed by atoms with Crippen LogP contribution in [0.2, 0.25) is 5.02 Å². The van der Waals surface area contributed by atoms with Gasteiger partial charge in [0.05, 0.1) is 5.92 Å². The van der Waals surface area contributed by atoms with Gasteiger partial charge in [-0.2, -0.15) is 0 Å². The van der Waals surface area contributed by atoms with E-state index in [-0.39, 0.29) is 24.2 Å². The third-order valence-electron chi connectivity index (χ3n) is 4.60. The summed E-state index contributed by atoms with van der Waals surface area (Å²) in [5.74, 6) is -0.495. The van der Waals surface area contributed by atoms with Crippen molar-refractivity contribution in [2.75, 3.05) is 16.8 Å². The summed E-state index contributed by atoms with van der Waals surface area (Å²) in [7, 11) is 0. The van der Waals surface area contributed by atoms with Crippen molar-refractivity contribution >= 4 is 34.8 Å². The second-order valence-electron chi connectivity index (χ2n) is 6.34. The van der Waals surface area contributed by atoms with Crippen LogP contribution in [0, 0.1) is 12.8 Å². The Kier molecular flexibility index (Phi) is 5.09. The predicted molar refractivity (Wildman–Crippen MR) is 101 cm³/mol. The summed E-state index contributed by atoms with van der Waals surface area (Å²) in [6, 6.07) is 13.2. The molecule has 1 fully saturated rings. The number of hydrogen-bond acceptors (Lipinski definition) is 2. The Morgan fingerprint density at radius 1 is 1.28 bits per heavy atom. The van der Waals surface area contributed by atoms with Crippen molar-refractivity contribution in [3.05, 3.63) is 58.6 Å². The molecule has 0 aromatic heterocycles. The van der Waals surface area contributed by atoms with Crippen molar-refractivity contribution in [3.8, 4) is 0 Å². The quantitative estimate of drug-likeness (QED) is 0.892. The molecule has 1 atom stereocenters. The fourth-order valence-electron chi connectivity index (χ4n) is 3.22. The lowest BCUT2D eigenvalue weighted by molar-refractivity contribution is -0.122. The van der Waals surface area contributed by atoms with Gasteiger partial charge in [0.2, 0.25) is 11.8 Å². The zero-order chi connectivity index (χ0) is 18.0. The second-order valence-corrected chi connectivity index (χ2v) is 6.77. The lowest BCUT2D eigenvalue weighted by Crippen LogP contribution is -2.28. The minimum atomic E-state index is -0.354. The highest BCUT2D eigenvalue weighted by molar-refractivity contribution is 6.30. The van der Waals surface area contributed by atoms with Crippen LogP contribution in [0.25, 0.3) is 0 Å². The zero-order valence-corrected chi connectivity index (χ0v) is 15.1. The molecule has 2 aromatic carbocycles. The molecule has 1 N–H and O–H groups in total. The van der Waals surface area contributed by atoms with Crippen LogP contribution >= 0.6 is 11.6 Å². The molecule has 1 unspecified atom stereocenters. The fraction of sp³-hybridized carbons (Fsp3) is 0.300. The summed E-state index contributed by atoms with van der Waals surface area (Å²) in [6.45, 7) is 4.36. The van der Waals surface area contributed by atoms with E-state index in [1.54, 1.807) is 11.0 Å². The van der Waals surface area contributed by atoms with Gasteiger partial charge in [-0.15, -0.1) is 0 Å². The minimum absolute atomic E-state index is 0.0330. The van der Waals surface area contributed by atoms with Gasteiger partial charge in [0.15, 0.2) is 0 Å². The maximum atomic E-state index is 12.6. The molecule has 0 bridgehead atoms. The monoisotopic (exact) mass is 356 g/mol. The highest BCUT2D eigenvalue weighted by Crippen LogP contribution is 2.30. The Morgan fingerprint density at radius 2 is 2.04 bits per heavy atom. The van der Waals surface area contributed by atoms with Gasteiger partial charge in [-0.3, -0.25) is 9.59 Å². The van der Waals surface area contributed by atoms with Gasteiger partial charge in [-0.1, -0.05) is 36.7 Å². The molecule has 0 saturated carbocycles. The molecular formula is C20H21ClN2O2. The zero-order valence-electron chi connectivity index (χ0n) is 14.4. The molecule has 0 radical (unpaired) electrons. The first-order chi connectivity index (χ1) is 12.0. The van der Waals surface area contributed by atoms with Gasteiger partial charge in [-0.25, -0.2) is 0 Å². The van der Waals surface area contributed by atoms with Crippen molar-refractivity contribution in [1.82, 2.24) is 0 Å². The van der Waals surface area contributed by atoms with Crippen LogP contribution in [0.15, 0.2) is 42.5 Å². The number of aryl methyl sites for hydroxylation is 2. The summed E-state index contributed by atoms with van der Waals surface area (Å²) >= 11 is 5.99. The number of anilines is 2.